The smallest absolute Gasteiger partial charge is 0.140 e. The molecule has 1 heterocycles. The Hall–Kier alpha value is -1.71. The normalized spacial score (nSPS) is 15.1. The largest absolute Gasteiger partial charge is 0.338 e. The molecule has 0 saturated heterocycles. The van der Waals surface area contributed by atoms with Crippen molar-refractivity contribution in [3.63, 3.8) is 0 Å². The number of fused-ring (bicyclic) bond motifs is 1. The van der Waals surface area contributed by atoms with E-state index in [1.807, 2.05) is 30.3 Å². The van der Waals surface area contributed by atoms with E-state index in [9.17, 15) is 0 Å². The van der Waals surface area contributed by atoms with Crippen molar-refractivity contribution in [3.8, 4) is 11.4 Å². The van der Waals surface area contributed by atoms with E-state index in [1.165, 1.54) is 31.2 Å². The molecular formula is C21H21ClN2S. The summed E-state index contributed by atoms with van der Waals surface area (Å²) in [6.07, 6.45) is 7.33. The molecule has 128 valence electrons. The van der Waals surface area contributed by atoms with Gasteiger partial charge in [0, 0.05) is 12.0 Å². The van der Waals surface area contributed by atoms with Crippen LogP contribution >= 0.6 is 23.8 Å². The lowest BCUT2D eigenvalue weighted by molar-refractivity contribution is 0.573. The third-order valence-corrected chi connectivity index (χ3v) is 5.71. The van der Waals surface area contributed by atoms with Crippen molar-refractivity contribution < 1.29 is 0 Å². The Balaban J connectivity index is 1.56. The Labute approximate surface area is 158 Å². The number of nitrogens with one attached hydrogen (secondary N) is 1. The molecular weight excluding hydrogens is 348 g/mol. The number of benzene rings is 2. The molecule has 4 rings (SSSR count). The van der Waals surface area contributed by atoms with Gasteiger partial charge < -0.3 is 4.98 Å². The van der Waals surface area contributed by atoms with Gasteiger partial charge in [0.25, 0.3) is 0 Å². The van der Waals surface area contributed by atoms with Crippen LogP contribution in [0.15, 0.2) is 42.5 Å². The predicted molar refractivity (Wildman–Crippen MR) is 109 cm³/mol. The molecule has 25 heavy (non-hydrogen) atoms. The topological polar surface area (TPSA) is 28.7 Å². The van der Waals surface area contributed by atoms with Crippen LogP contribution in [0.25, 0.3) is 22.4 Å². The van der Waals surface area contributed by atoms with Gasteiger partial charge in [0.2, 0.25) is 0 Å². The molecule has 0 radical (unpaired) electrons. The van der Waals surface area contributed by atoms with Gasteiger partial charge in [-0.15, -0.1) is 0 Å². The summed E-state index contributed by atoms with van der Waals surface area (Å²) in [6, 6.07) is 14.2. The van der Waals surface area contributed by atoms with Gasteiger partial charge in [0.05, 0.1) is 16.1 Å². The number of hydrogen-bond donors (Lipinski definition) is 1. The molecule has 0 aliphatic heterocycles. The van der Waals surface area contributed by atoms with Gasteiger partial charge in [0.15, 0.2) is 0 Å². The van der Waals surface area contributed by atoms with Gasteiger partial charge in [-0.2, -0.15) is 0 Å². The quantitative estimate of drug-likeness (QED) is 0.529. The van der Waals surface area contributed by atoms with Crippen LogP contribution in [-0.4, -0.2) is 14.8 Å². The third kappa shape index (κ3) is 3.78. The van der Waals surface area contributed by atoms with Gasteiger partial charge in [-0.3, -0.25) is 0 Å². The zero-order valence-electron chi connectivity index (χ0n) is 14.1. The lowest BCUT2D eigenvalue weighted by atomic mass is 9.97. The number of halogens is 1. The van der Waals surface area contributed by atoms with Crippen molar-refractivity contribution in [2.75, 3.05) is 0 Å². The maximum absolute atomic E-state index is 6.44. The number of nitrogens with zero attached hydrogens (tertiary/aromatic N) is 1. The Morgan fingerprint density at radius 2 is 1.96 bits per heavy atom. The molecule has 4 heteroatoms. The van der Waals surface area contributed by atoms with E-state index in [4.69, 9.17) is 23.8 Å². The molecule has 1 saturated carbocycles. The molecule has 1 aliphatic rings. The van der Waals surface area contributed by atoms with Crippen LogP contribution in [0.1, 0.15) is 37.7 Å². The SMILES string of the molecule is S=C(Cc1ccc(Cl)c(-c2nc3ccccc3[nH]2)c1)CC1CCCC1. The fourth-order valence-electron chi connectivity index (χ4n) is 3.78. The maximum Gasteiger partial charge on any atom is 0.140 e. The van der Waals surface area contributed by atoms with E-state index in [-0.39, 0.29) is 0 Å². The molecule has 0 atom stereocenters. The van der Waals surface area contributed by atoms with Gasteiger partial charge in [-0.05, 0) is 47.0 Å². The molecule has 2 nitrogen and oxygen atoms in total. The highest BCUT2D eigenvalue weighted by Crippen LogP contribution is 2.31. The lowest BCUT2D eigenvalue weighted by Gasteiger charge is -2.11. The van der Waals surface area contributed by atoms with E-state index >= 15 is 0 Å². The lowest BCUT2D eigenvalue weighted by Crippen LogP contribution is -2.06. The molecule has 2 aromatic carbocycles. The van der Waals surface area contributed by atoms with E-state index in [0.717, 1.165) is 46.0 Å². The number of thiocarbonyl (C=S) groups is 1. The second-order valence-electron chi connectivity index (χ2n) is 6.99. The monoisotopic (exact) mass is 368 g/mol. The number of aromatic nitrogens is 2. The third-order valence-electron chi connectivity index (χ3n) is 5.07. The minimum atomic E-state index is 0.713. The first kappa shape index (κ1) is 16.7. The van der Waals surface area contributed by atoms with Gasteiger partial charge in [-0.1, -0.05) is 67.7 Å². The number of H-pyrrole nitrogens is 1. The summed E-state index contributed by atoms with van der Waals surface area (Å²) in [5, 5.41) is 0.713. The Morgan fingerprint density at radius 3 is 2.76 bits per heavy atom. The van der Waals surface area contributed by atoms with Crippen LogP contribution in [0.3, 0.4) is 0 Å². The first-order valence-electron chi connectivity index (χ1n) is 8.94. The molecule has 1 aromatic heterocycles. The van der Waals surface area contributed by atoms with Gasteiger partial charge >= 0.3 is 0 Å². The molecule has 1 N–H and O–H groups in total. The summed E-state index contributed by atoms with van der Waals surface area (Å²) >= 11 is 12.1. The zero-order chi connectivity index (χ0) is 17.2. The number of imidazole rings is 1. The molecule has 0 spiro atoms. The highest BCUT2D eigenvalue weighted by atomic mass is 35.5. The van der Waals surface area contributed by atoms with Gasteiger partial charge in [0.1, 0.15) is 5.82 Å². The average Bonchev–Trinajstić information content (AvgIpc) is 3.25. The fraction of sp³-hybridized carbons (Fsp3) is 0.333. The van der Waals surface area contributed by atoms with Crippen molar-refractivity contribution in [3.05, 3.63) is 53.1 Å². The summed E-state index contributed by atoms with van der Waals surface area (Å²) in [7, 11) is 0. The van der Waals surface area contributed by atoms with Crippen molar-refractivity contribution in [2.24, 2.45) is 5.92 Å². The molecule has 0 bridgehead atoms. The van der Waals surface area contributed by atoms with Crippen molar-refractivity contribution in [1.29, 1.82) is 0 Å². The van der Waals surface area contributed by atoms with Crippen LogP contribution < -0.4 is 0 Å². The second kappa shape index (κ2) is 7.27. The average molecular weight is 369 g/mol. The Morgan fingerprint density at radius 1 is 1.16 bits per heavy atom. The number of rotatable bonds is 5. The Kier molecular flexibility index (Phi) is 4.87. The standard InChI is InChI=1S/C21H21ClN2S/c22-18-10-9-15(12-16(25)11-14-5-1-2-6-14)13-17(18)21-23-19-7-3-4-8-20(19)24-21/h3-4,7-10,13-14H,1-2,5-6,11-12H2,(H,23,24). The van der Waals surface area contributed by atoms with Crippen molar-refractivity contribution in [2.45, 2.75) is 38.5 Å². The Bertz CT molecular complexity index is 876. The molecule has 0 amide bonds. The van der Waals surface area contributed by atoms with E-state index in [1.54, 1.807) is 0 Å². The van der Waals surface area contributed by atoms with Crippen LogP contribution in [0.2, 0.25) is 5.02 Å². The molecule has 3 aromatic rings. The number of aromatic amines is 1. The van der Waals surface area contributed by atoms with Crippen LogP contribution in [-0.2, 0) is 6.42 Å². The minimum absolute atomic E-state index is 0.713. The molecule has 1 fully saturated rings. The first-order valence-corrected chi connectivity index (χ1v) is 9.73. The van der Waals surface area contributed by atoms with Gasteiger partial charge in [-0.25, -0.2) is 4.98 Å². The first-order chi connectivity index (χ1) is 12.2. The number of hydrogen-bond acceptors (Lipinski definition) is 2. The fourth-order valence-corrected chi connectivity index (χ4v) is 4.39. The summed E-state index contributed by atoms with van der Waals surface area (Å²) < 4.78 is 0. The second-order valence-corrected chi connectivity index (χ2v) is 7.97. The summed E-state index contributed by atoms with van der Waals surface area (Å²) in [6.45, 7) is 0. The van der Waals surface area contributed by atoms with E-state index in [2.05, 4.69) is 22.1 Å². The summed E-state index contributed by atoms with van der Waals surface area (Å²) in [5.74, 6) is 1.62. The maximum atomic E-state index is 6.44. The van der Waals surface area contributed by atoms with E-state index < -0.39 is 0 Å². The van der Waals surface area contributed by atoms with E-state index in [0.29, 0.717) is 5.02 Å². The van der Waals surface area contributed by atoms with Crippen LogP contribution in [0, 0.1) is 5.92 Å². The van der Waals surface area contributed by atoms with Crippen molar-refractivity contribution in [1.82, 2.24) is 9.97 Å². The minimum Gasteiger partial charge on any atom is -0.338 e. The molecule has 0 unspecified atom stereocenters. The predicted octanol–water partition coefficient (Wildman–Crippen LogP) is 6.38. The summed E-state index contributed by atoms with van der Waals surface area (Å²) in [5.41, 5.74) is 4.13. The highest BCUT2D eigenvalue weighted by molar-refractivity contribution is 7.80. The highest BCUT2D eigenvalue weighted by Gasteiger charge is 2.17. The van der Waals surface area contributed by atoms with Crippen LogP contribution in [0.5, 0.6) is 0 Å². The van der Waals surface area contributed by atoms with Crippen molar-refractivity contribution >= 4 is 39.7 Å². The zero-order valence-corrected chi connectivity index (χ0v) is 15.7. The van der Waals surface area contributed by atoms with Crippen LogP contribution in [0.4, 0.5) is 0 Å². The number of para-hydroxylation sites is 2. The molecule has 1 aliphatic carbocycles. The summed E-state index contributed by atoms with van der Waals surface area (Å²) in [4.78, 5) is 9.20.